The molecular weight excluding hydrogens is 390 g/mol. The van der Waals surface area contributed by atoms with E-state index in [2.05, 4.69) is 9.88 Å². The Morgan fingerprint density at radius 2 is 2.04 bits per heavy atom. The van der Waals surface area contributed by atoms with Crippen LogP contribution in [-0.4, -0.2) is 72.8 Å². The first-order valence-electron chi connectivity index (χ1n) is 8.67. The van der Waals surface area contributed by atoms with Crippen molar-refractivity contribution in [3.63, 3.8) is 0 Å². The quantitative estimate of drug-likeness (QED) is 0.774. The van der Waals surface area contributed by atoms with Crippen LogP contribution < -0.4 is 0 Å². The number of hydrogen-bond acceptors (Lipinski definition) is 7. The zero-order chi connectivity index (χ0) is 18.3. The third kappa shape index (κ3) is 3.58. The van der Waals surface area contributed by atoms with Crippen LogP contribution in [-0.2, 0) is 9.84 Å². The minimum atomic E-state index is -2.87. The number of rotatable bonds is 3. The predicted molar refractivity (Wildman–Crippen MR) is 105 cm³/mol. The second kappa shape index (κ2) is 7.03. The Bertz CT molecular complexity index is 897. The maximum Gasteiger partial charge on any atom is 0.265 e. The van der Waals surface area contributed by atoms with Gasteiger partial charge in [-0.05, 0) is 24.8 Å². The van der Waals surface area contributed by atoms with Crippen molar-refractivity contribution in [2.45, 2.75) is 19.4 Å². The molecule has 2 aliphatic heterocycles. The van der Waals surface area contributed by atoms with Gasteiger partial charge in [0.1, 0.15) is 9.88 Å². The molecule has 2 fully saturated rings. The van der Waals surface area contributed by atoms with E-state index in [1.807, 2.05) is 28.7 Å². The van der Waals surface area contributed by atoms with Gasteiger partial charge in [-0.3, -0.25) is 9.69 Å². The van der Waals surface area contributed by atoms with Gasteiger partial charge < -0.3 is 4.90 Å². The highest BCUT2D eigenvalue weighted by molar-refractivity contribution is 7.91. The number of piperazine rings is 1. The topological polar surface area (TPSA) is 70.6 Å². The fourth-order valence-corrected chi connectivity index (χ4v) is 7.11. The molecule has 1 atom stereocenters. The highest BCUT2D eigenvalue weighted by Gasteiger charge is 2.35. The van der Waals surface area contributed by atoms with E-state index in [-0.39, 0.29) is 17.7 Å². The molecule has 0 radical (unpaired) electrons. The van der Waals surface area contributed by atoms with Gasteiger partial charge in [0.25, 0.3) is 5.91 Å². The summed E-state index contributed by atoms with van der Waals surface area (Å²) in [4.78, 5) is 22.3. The lowest BCUT2D eigenvalue weighted by Gasteiger charge is -2.37. The number of carbonyl (C=O) groups excluding carboxylic acids is 1. The Kier molecular flexibility index (Phi) is 4.89. The van der Waals surface area contributed by atoms with Crippen LogP contribution in [0.3, 0.4) is 0 Å². The lowest BCUT2D eigenvalue weighted by molar-refractivity contribution is 0.0591. The third-order valence-electron chi connectivity index (χ3n) is 5.09. The predicted octanol–water partition coefficient (Wildman–Crippen LogP) is 2.12. The van der Waals surface area contributed by atoms with Gasteiger partial charge in [0.2, 0.25) is 0 Å². The van der Waals surface area contributed by atoms with E-state index in [0.717, 1.165) is 29.4 Å². The number of carbonyl (C=O) groups is 1. The number of aromatic nitrogens is 1. The number of amides is 1. The maximum atomic E-state index is 12.9. The smallest absolute Gasteiger partial charge is 0.265 e. The molecule has 140 valence electrons. The molecule has 26 heavy (non-hydrogen) atoms. The molecule has 0 spiro atoms. The summed E-state index contributed by atoms with van der Waals surface area (Å²) in [6.07, 6.45) is 0.717. The third-order valence-corrected chi connectivity index (χ3v) is 8.71. The Balaban J connectivity index is 1.41. The maximum absolute atomic E-state index is 12.9. The van der Waals surface area contributed by atoms with Gasteiger partial charge in [0.15, 0.2) is 9.84 Å². The number of thiazole rings is 1. The highest BCUT2D eigenvalue weighted by Crippen LogP contribution is 2.30. The van der Waals surface area contributed by atoms with E-state index in [4.69, 9.17) is 0 Å². The van der Waals surface area contributed by atoms with Crippen molar-refractivity contribution < 1.29 is 13.2 Å². The minimum absolute atomic E-state index is 0.0418. The van der Waals surface area contributed by atoms with Crippen molar-refractivity contribution in [2.24, 2.45) is 0 Å². The summed E-state index contributed by atoms with van der Waals surface area (Å²) in [6.45, 7) is 4.64. The summed E-state index contributed by atoms with van der Waals surface area (Å²) in [7, 11) is -2.87. The lowest BCUT2D eigenvalue weighted by Crippen LogP contribution is -2.52. The van der Waals surface area contributed by atoms with Gasteiger partial charge in [-0.25, -0.2) is 13.4 Å². The molecule has 2 aliphatic rings. The summed E-state index contributed by atoms with van der Waals surface area (Å²) in [5.41, 5.74) is 1.85. The van der Waals surface area contributed by atoms with E-state index < -0.39 is 9.84 Å². The largest absolute Gasteiger partial charge is 0.335 e. The van der Waals surface area contributed by atoms with Crippen LogP contribution in [0.25, 0.3) is 10.6 Å². The SMILES string of the molecule is Cc1nc(-c2ccsc2)sc1C(=O)N1CCN([C@H]2CCS(=O)(=O)C2)CC1. The zero-order valence-electron chi connectivity index (χ0n) is 14.6. The average molecular weight is 412 g/mol. The Hall–Kier alpha value is -1.29. The van der Waals surface area contributed by atoms with Crippen molar-refractivity contribution in [2.75, 3.05) is 37.7 Å². The van der Waals surface area contributed by atoms with Crippen LogP contribution in [0.15, 0.2) is 16.8 Å². The van der Waals surface area contributed by atoms with Crippen LogP contribution in [0.1, 0.15) is 21.8 Å². The monoisotopic (exact) mass is 411 g/mol. The van der Waals surface area contributed by atoms with Crippen molar-refractivity contribution in [3.8, 4) is 10.6 Å². The normalized spacial score (nSPS) is 23.4. The summed E-state index contributed by atoms with van der Waals surface area (Å²) in [5, 5.41) is 4.94. The number of aryl methyl sites for hydroxylation is 1. The number of hydrogen-bond donors (Lipinski definition) is 0. The van der Waals surface area contributed by atoms with E-state index in [1.165, 1.54) is 11.3 Å². The molecular formula is C17H21N3O3S3. The lowest BCUT2D eigenvalue weighted by atomic mass is 10.2. The first-order chi connectivity index (χ1) is 12.4. The average Bonchev–Trinajstić information content (AvgIpc) is 3.34. The first kappa shape index (κ1) is 18.1. The molecule has 1 amide bonds. The van der Waals surface area contributed by atoms with Crippen molar-refractivity contribution in [1.29, 1.82) is 0 Å². The number of thiophene rings is 1. The van der Waals surface area contributed by atoms with Crippen LogP contribution in [0.2, 0.25) is 0 Å². The summed E-state index contributed by atoms with van der Waals surface area (Å²) < 4.78 is 23.4. The van der Waals surface area contributed by atoms with Crippen LogP contribution in [0.4, 0.5) is 0 Å². The minimum Gasteiger partial charge on any atom is -0.335 e. The Morgan fingerprint density at radius 1 is 1.27 bits per heavy atom. The molecule has 2 aromatic rings. The van der Waals surface area contributed by atoms with Gasteiger partial charge in [-0.2, -0.15) is 11.3 Å². The molecule has 4 rings (SSSR count). The molecule has 4 heterocycles. The van der Waals surface area contributed by atoms with Crippen molar-refractivity contribution >= 4 is 38.4 Å². The summed E-state index contributed by atoms with van der Waals surface area (Å²) in [5.74, 6) is 0.599. The van der Waals surface area contributed by atoms with Gasteiger partial charge in [0, 0.05) is 43.2 Å². The van der Waals surface area contributed by atoms with Crippen molar-refractivity contribution in [1.82, 2.24) is 14.8 Å². The second-order valence-corrected chi connectivity index (χ2v) is 10.8. The number of sulfone groups is 1. The molecule has 2 aromatic heterocycles. The molecule has 6 nitrogen and oxygen atoms in total. The standard InChI is InChI=1S/C17H21N3O3S3/c1-12-15(25-16(18-12)13-2-8-24-10-13)17(21)20-6-4-19(5-7-20)14-3-9-26(22,23)11-14/h2,8,10,14H,3-7,9,11H2,1H3/t14-/m0/s1. The van der Waals surface area contributed by atoms with Gasteiger partial charge in [0.05, 0.1) is 17.2 Å². The first-order valence-corrected chi connectivity index (χ1v) is 12.2. The van der Waals surface area contributed by atoms with Gasteiger partial charge in [-0.1, -0.05) is 0 Å². The molecule has 9 heteroatoms. The van der Waals surface area contributed by atoms with Gasteiger partial charge >= 0.3 is 0 Å². The Morgan fingerprint density at radius 3 is 2.65 bits per heavy atom. The van der Waals surface area contributed by atoms with Crippen LogP contribution in [0.5, 0.6) is 0 Å². The fourth-order valence-electron chi connectivity index (χ4n) is 3.60. The van der Waals surface area contributed by atoms with Crippen LogP contribution in [0, 0.1) is 6.92 Å². The molecule has 0 bridgehead atoms. The molecule has 0 unspecified atom stereocenters. The molecule has 2 saturated heterocycles. The van der Waals surface area contributed by atoms with Gasteiger partial charge in [-0.15, -0.1) is 11.3 Å². The fraction of sp³-hybridized carbons (Fsp3) is 0.529. The van der Waals surface area contributed by atoms with Crippen molar-refractivity contribution in [3.05, 3.63) is 27.4 Å². The Labute approximate surface area is 161 Å². The molecule has 0 N–H and O–H groups in total. The summed E-state index contributed by atoms with van der Waals surface area (Å²) >= 11 is 3.08. The van der Waals surface area contributed by atoms with E-state index in [1.54, 1.807) is 11.3 Å². The molecule has 0 aromatic carbocycles. The van der Waals surface area contributed by atoms with E-state index >= 15 is 0 Å². The molecule has 0 aliphatic carbocycles. The zero-order valence-corrected chi connectivity index (χ0v) is 17.0. The van der Waals surface area contributed by atoms with E-state index in [0.29, 0.717) is 30.1 Å². The number of nitrogens with zero attached hydrogens (tertiary/aromatic N) is 3. The van der Waals surface area contributed by atoms with Crippen LogP contribution >= 0.6 is 22.7 Å². The molecule has 0 saturated carbocycles. The second-order valence-electron chi connectivity index (χ2n) is 6.83. The van der Waals surface area contributed by atoms with E-state index in [9.17, 15) is 13.2 Å². The summed E-state index contributed by atoms with van der Waals surface area (Å²) in [6, 6.07) is 2.14. The highest BCUT2D eigenvalue weighted by atomic mass is 32.2.